The number of hydrogen-bond donors (Lipinski definition) is 2. The van der Waals surface area contributed by atoms with Crippen molar-refractivity contribution in [3.8, 4) is 0 Å². The van der Waals surface area contributed by atoms with Gasteiger partial charge in [-0.15, -0.1) is 11.3 Å². The lowest BCUT2D eigenvalue weighted by Crippen LogP contribution is -2.34. The molecule has 0 spiro atoms. The number of rotatable bonds is 4. The predicted octanol–water partition coefficient (Wildman–Crippen LogP) is 0.696. The summed E-state index contributed by atoms with van der Waals surface area (Å²) in [5.74, 6) is 0. The molecule has 0 atom stereocenters. The largest absolute Gasteiger partial charge is 0.396 e. The van der Waals surface area contributed by atoms with E-state index in [2.05, 4.69) is 4.98 Å². The van der Waals surface area contributed by atoms with Crippen LogP contribution in [0.1, 0.15) is 18.2 Å². The second-order valence-corrected chi connectivity index (χ2v) is 4.91. The molecule has 6 heteroatoms. The third kappa shape index (κ3) is 2.18. The molecule has 0 unspecified atom stereocenters. The van der Waals surface area contributed by atoms with Gasteiger partial charge in [0.15, 0.2) is 0 Å². The maximum Gasteiger partial charge on any atom is 0.329 e. The third-order valence-corrected chi connectivity index (χ3v) is 3.81. The van der Waals surface area contributed by atoms with E-state index in [1.165, 1.54) is 11.3 Å². The van der Waals surface area contributed by atoms with Crippen LogP contribution in [0.3, 0.4) is 0 Å². The smallest absolute Gasteiger partial charge is 0.329 e. The fraction of sp³-hybridized carbons (Fsp3) is 0.455. The Balaban J connectivity index is 2.62. The Hall–Kier alpha value is -1.40. The highest BCUT2D eigenvalue weighted by Gasteiger charge is 2.10. The van der Waals surface area contributed by atoms with Crippen molar-refractivity contribution < 1.29 is 5.11 Å². The lowest BCUT2D eigenvalue weighted by atomic mass is 10.3. The molecular formula is C11H14N2O3S. The second kappa shape index (κ2) is 4.85. The Labute approximate surface area is 101 Å². The average Bonchev–Trinajstić information content (AvgIpc) is 2.72. The summed E-state index contributed by atoms with van der Waals surface area (Å²) in [6.07, 6.45) is 1.25. The standard InChI is InChI=1S/C11H14N2O3S/c1-2-7-6-8-9(17-7)12-11(16)13(10(8)15)4-3-5-14/h6,14H,2-5H2,1H3,(H,12,16). The zero-order valence-electron chi connectivity index (χ0n) is 9.52. The molecule has 2 aromatic rings. The number of nitrogens with one attached hydrogen (secondary N) is 1. The molecule has 0 bridgehead atoms. The molecule has 0 fully saturated rings. The van der Waals surface area contributed by atoms with E-state index in [-0.39, 0.29) is 18.7 Å². The second-order valence-electron chi connectivity index (χ2n) is 3.77. The number of fused-ring (bicyclic) bond motifs is 1. The topological polar surface area (TPSA) is 75.1 Å². The molecule has 2 N–H and O–H groups in total. The molecule has 0 aliphatic rings. The number of nitrogens with zero attached hydrogens (tertiary/aromatic N) is 1. The Morgan fingerprint density at radius 1 is 1.47 bits per heavy atom. The van der Waals surface area contributed by atoms with Crippen molar-refractivity contribution in [2.24, 2.45) is 0 Å². The summed E-state index contributed by atoms with van der Waals surface area (Å²) in [6, 6.07) is 1.83. The van der Waals surface area contributed by atoms with E-state index in [1.54, 1.807) is 0 Å². The normalized spacial score (nSPS) is 11.2. The Kier molecular flexibility index (Phi) is 3.44. The summed E-state index contributed by atoms with van der Waals surface area (Å²) < 4.78 is 1.14. The number of aromatic nitrogens is 2. The number of aryl methyl sites for hydroxylation is 1. The van der Waals surface area contributed by atoms with Gasteiger partial charge >= 0.3 is 5.69 Å². The minimum atomic E-state index is -0.402. The molecule has 0 aliphatic heterocycles. The fourth-order valence-corrected chi connectivity index (χ4v) is 2.68. The van der Waals surface area contributed by atoms with Crippen LogP contribution < -0.4 is 11.2 Å². The van der Waals surface area contributed by atoms with Gasteiger partial charge in [-0.05, 0) is 18.9 Å². The van der Waals surface area contributed by atoms with Crippen molar-refractivity contribution in [1.82, 2.24) is 9.55 Å². The van der Waals surface area contributed by atoms with E-state index in [4.69, 9.17) is 5.11 Å². The highest BCUT2D eigenvalue weighted by Crippen LogP contribution is 2.20. The van der Waals surface area contributed by atoms with Gasteiger partial charge in [0.2, 0.25) is 0 Å². The highest BCUT2D eigenvalue weighted by atomic mass is 32.1. The molecule has 0 aromatic carbocycles. The van der Waals surface area contributed by atoms with Gasteiger partial charge in [0.1, 0.15) is 4.83 Å². The van der Waals surface area contributed by atoms with Crippen LogP contribution in [-0.2, 0) is 13.0 Å². The van der Waals surface area contributed by atoms with Crippen LogP contribution in [0.15, 0.2) is 15.7 Å². The van der Waals surface area contributed by atoms with Gasteiger partial charge < -0.3 is 5.11 Å². The van der Waals surface area contributed by atoms with Crippen molar-refractivity contribution in [2.45, 2.75) is 26.3 Å². The van der Waals surface area contributed by atoms with Crippen LogP contribution >= 0.6 is 11.3 Å². The SMILES string of the molecule is CCc1cc2c(=O)n(CCCO)c(=O)[nH]c2s1. The Morgan fingerprint density at radius 2 is 2.24 bits per heavy atom. The molecular weight excluding hydrogens is 240 g/mol. The van der Waals surface area contributed by atoms with Gasteiger partial charge in [-0.2, -0.15) is 0 Å². The van der Waals surface area contributed by atoms with Crippen molar-refractivity contribution in [2.75, 3.05) is 6.61 Å². The first kappa shape index (κ1) is 12.1. The van der Waals surface area contributed by atoms with Crippen LogP contribution in [0.5, 0.6) is 0 Å². The van der Waals surface area contributed by atoms with Crippen molar-refractivity contribution in [3.05, 3.63) is 31.8 Å². The molecule has 2 aromatic heterocycles. The van der Waals surface area contributed by atoms with Gasteiger partial charge in [0, 0.05) is 18.0 Å². The minimum absolute atomic E-state index is 0.0340. The summed E-state index contributed by atoms with van der Waals surface area (Å²) in [5, 5.41) is 9.30. The zero-order chi connectivity index (χ0) is 12.4. The summed E-state index contributed by atoms with van der Waals surface area (Å²) in [5.41, 5.74) is -0.673. The first-order chi connectivity index (χ1) is 8.17. The van der Waals surface area contributed by atoms with E-state index in [0.29, 0.717) is 16.6 Å². The van der Waals surface area contributed by atoms with Gasteiger partial charge in [0.25, 0.3) is 5.56 Å². The van der Waals surface area contributed by atoms with Gasteiger partial charge in [-0.1, -0.05) is 6.92 Å². The molecule has 92 valence electrons. The summed E-state index contributed by atoms with van der Waals surface area (Å²) in [7, 11) is 0. The molecule has 5 nitrogen and oxygen atoms in total. The Bertz CT molecular complexity index is 638. The van der Waals surface area contributed by atoms with Crippen molar-refractivity contribution in [1.29, 1.82) is 0 Å². The van der Waals surface area contributed by atoms with E-state index < -0.39 is 5.69 Å². The van der Waals surface area contributed by atoms with E-state index >= 15 is 0 Å². The van der Waals surface area contributed by atoms with Crippen molar-refractivity contribution in [3.63, 3.8) is 0 Å². The number of hydrogen-bond acceptors (Lipinski definition) is 4. The molecule has 0 amide bonds. The number of aromatic amines is 1. The lowest BCUT2D eigenvalue weighted by Gasteiger charge is -2.02. The van der Waals surface area contributed by atoms with Crippen LogP contribution in [0.25, 0.3) is 10.2 Å². The maximum absolute atomic E-state index is 12.1. The van der Waals surface area contributed by atoms with Crippen LogP contribution in [0, 0.1) is 0 Å². The predicted molar refractivity (Wildman–Crippen MR) is 67.8 cm³/mol. The van der Waals surface area contributed by atoms with E-state index in [9.17, 15) is 9.59 Å². The third-order valence-electron chi connectivity index (χ3n) is 2.61. The molecule has 0 saturated heterocycles. The molecule has 0 aliphatic carbocycles. The number of aliphatic hydroxyl groups is 1. The summed E-state index contributed by atoms with van der Waals surface area (Å²) >= 11 is 1.44. The number of aliphatic hydroxyl groups excluding tert-OH is 1. The summed E-state index contributed by atoms with van der Waals surface area (Å²) in [6.45, 7) is 2.22. The Morgan fingerprint density at radius 3 is 2.88 bits per heavy atom. The molecule has 17 heavy (non-hydrogen) atoms. The van der Waals surface area contributed by atoms with Gasteiger partial charge in [-0.3, -0.25) is 14.3 Å². The fourth-order valence-electron chi connectivity index (χ4n) is 1.70. The van der Waals surface area contributed by atoms with Gasteiger partial charge in [0.05, 0.1) is 5.39 Å². The number of H-pyrrole nitrogens is 1. The van der Waals surface area contributed by atoms with Gasteiger partial charge in [-0.25, -0.2) is 4.79 Å². The number of thiophene rings is 1. The van der Waals surface area contributed by atoms with E-state index in [1.807, 2.05) is 13.0 Å². The first-order valence-corrected chi connectivity index (χ1v) is 6.35. The van der Waals surface area contributed by atoms with E-state index in [0.717, 1.165) is 15.9 Å². The van der Waals surface area contributed by atoms with Crippen LogP contribution in [0.4, 0.5) is 0 Å². The zero-order valence-corrected chi connectivity index (χ0v) is 10.3. The maximum atomic E-state index is 12.1. The van der Waals surface area contributed by atoms with Crippen LogP contribution in [-0.4, -0.2) is 21.3 Å². The molecule has 0 radical (unpaired) electrons. The molecule has 0 saturated carbocycles. The minimum Gasteiger partial charge on any atom is -0.396 e. The first-order valence-electron chi connectivity index (χ1n) is 5.53. The average molecular weight is 254 g/mol. The quantitative estimate of drug-likeness (QED) is 0.843. The lowest BCUT2D eigenvalue weighted by molar-refractivity contribution is 0.278. The highest BCUT2D eigenvalue weighted by molar-refractivity contribution is 7.18. The molecule has 2 heterocycles. The monoisotopic (exact) mass is 254 g/mol. The summed E-state index contributed by atoms with van der Waals surface area (Å²) in [4.78, 5) is 28.2. The van der Waals surface area contributed by atoms with Crippen molar-refractivity contribution >= 4 is 21.6 Å². The van der Waals surface area contributed by atoms with Crippen LogP contribution in [0.2, 0.25) is 0 Å². The molecule has 2 rings (SSSR count).